The Kier molecular flexibility index (Phi) is 2.77. The molecule has 1 aromatic heterocycles. The number of carbonyl (C=O) groups is 1. The molecule has 0 aliphatic heterocycles. The van der Waals surface area contributed by atoms with Crippen molar-refractivity contribution >= 4 is 5.97 Å². The van der Waals surface area contributed by atoms with Crippen LogP contribution in [0.2, 0.25) is 0 Å². The van der Waals surface area contributed by atoms with E-state index in [0.717, 1.165) is 5.92 Å². The first-order valence-electron chi connectivity index (χ1n) is 5.24. The van der Waals surface area contributed by atoms with Gasteiger partial charge in [0.2, 0.25) is 0 Å². The molecule has 82 valence electrons. The molecule has 4 nitrogen and oxygen atoms in total. The van der Waals surface area contributed by atoms with E-state index >= 15 is 0 Å². The monoisotopic (exact) mass is 209 g/mol. The molecule has 2 N–H and O–H groups in total. The maximum atomic E-state index is 10.6. The van der Waals surface area contributed by atoms with E-state index < -0.39 is 5.97 Å². The van der Waals surface area contributed by atoms with E-state index in [2.05, 4.69) is 12.2 Å². The van der Waals surface area contributed by atoms with E-state index in [1.54, 1.807) is 6.07 Å². The highest BCUT2D eigenvalue weighted by molar-refractivity contribution is 5.87. The van der Waals surface area contributed by atoms with Gasteiger partial charge in [0.15, 0.2) is 0 Å². The van der Waals surface area contributed by atoms with Gasteiger partial charge < -0.3 is 14.8 Å². The molecule has 2 unspecified atom stereocenters. The van der Waals surface area contributed by atoms with Gasteiger partial charge in [0.1, 0.15) is 12.0 Å². The van der Waals surface area contributed by atoms with E-state index in [1.165, 1.54) is 19.1 Å². The third-order valence-corrected chi connectivity index (χ3v) is 2.89. The van der Waals surface area contributed by atoms with Crippen molar-refractivity contribution in [2.45, 2.75) is 32.4 Å². The van der Waals surface area contributed by atoms with Gasteiger partial charge in [-0.05, 0) is 18.4 Å². The molecule has 15 heavy (non-hydrogen) atoms. The molecule has 0 saturated heterocycles. The van der Waals surface area contributed by atoms with Gasteiger partial charge in [-0.3, -0.25) is 0 Å². The van der Waals surface area contributed by atoms with E-state index in [9.17, 15) is 4.79 Å². The molecular formula is C11H15NO3. The van der Waals surface area contributed by atoms with Crippen molar-refractivity contribution in [3.05, 3.63) is 23.7 Å². The number of aromatic carboxylic acids is 1. The van der Waals surface area contributed by atoms with Crippen LogP contribution in [0.3, 0.4) is 0 Å². The van der Waals surface area contributed by atoms with Crippen molar-refractivity contribution in [3.8, 4) is 0 Å². The molecule has 1 heterocycles. The van der Waals surface area contributed by atoms with Crippen molar-refractivity contribution in [2.75, 3.05) is 0 Å². The molecule has 2 atom stereocenters. The molecule has 1 aliphatic rings. The van der Waals surface area contributed by atoms with Crippen LogP contribution in [0.15, 0.2) is 16.7 Å². The molecular weight excluding hydrogens is 194 g/mol. The third-order valence-electron chi connectivity index (χ3n) is 2.89. The molecule has 1 aromatic rings. The lowest BCUT2D eigenvalue weighted by Gasteiger charge is -1.99. The largest absolute Gasteiger partial charge is 0.478 e. The second kappa shape index (κ2) is 4.06. The van der Waals surface area contributed by atoms with Crippen LogP contribution in [0.4, 0.5) is 0 Å². The van der Waals surface area contributed by atoms with Gasteiger partial charge in [0.05, 0.1) is 12.1 Å². The zero-order valence-electron chi connectivity index (χ0n) is 8.69. The van der Waals surface area contributed by atoms with Crippen LogP contribution in [-0.2, 0) is 6.54 Å². The summed E-state index contributed by atoms with van der Waals surface area (Å²) in [5, 5.41) is 12.0. The van der Waals surface area contributed by atoms with Crippen molar-refractivity contribution < 1.29 is 14.3 Å². The maximum Gasteiger partial charge on any atom is 0.338 e. The number of carboxylic acids is 1. The molecule has 0 amide bonds. The van der Waals surface area contributed by atoms with Gasteiger partial charge in [-0.25, -0.2) is 4.79 Å². The van der Waals surface area contributed by atoms with Crippen molar-refractivity contribution in [2.24, 2.45) is 5.92 Å². The summed E-state index contributed by atoms with van der Waals surface area (Å²) in [5.41, 5.74) is 0.217. The first-order valence-corrected chi connectivity index (χ1v) is 5.24. The fourth-order valence-corrected chi connectivity index (χ4v) is 1.77. The molecule has 1 fully saturated rings. The van der Waals surface area contributed by atoms with E-state index in [-0.39, 0.29) is 5.56 Å². The molecule has 2 rings (SSSR count). The standard InChI is InChI=1S/C11H15NO3/c1-2-7-4-10(7)12-5-9-3-8(6-15-9)11(13)14/h3,6-7,10,12H,2,4-5H2,1H3,(H,13,14). The Morgan fingerprint density at radius 3 is 3.07 bits per heavy atom. The van der Waals surface area contributed by atoms with Gasteiger partial charge in [0, 0.05) is 6.04 Å². The van der Waals surface area contributed by atoms with Crippen molar-refractivity contribution in [3.63, 3.8) is 0 Å². The summed E-state index contributed by atoms with van der Waals surface area (Å²) in [6.07, 6.45) is 3.71. The summed E-state index contributed by atoms with van der Waals surface area (Å²) in [5.74, 6) is 0.538. The van der Waals surface area contributed by atoms with E-state index in [1.807, 2.05) is 0 Å². The number of hydrogen-bond donors (Lipinski definition) is 2. The lowest BCUT2D eigenvalue weighted by atomic mass is 10.3. The SMILES string of the molecule is CCC1CC1NCc1cc(C(=O)O)co1. The molecule has 0 aromatic carbocycles. The number of furan rings is 1. The Morgan fingerprint density at radius 2 is 2.53 bits per heavy atom. The highest BCUT2D eigenvalue weighted by Crippen LogP contribution is 2.33. The number of rotatable bonds is 5. The van der Waals surface area contributed by atoms with Gasteiger partial charge in [-0.2, -0.15) is 0 Å². The highest BCUT2D eigenvalue weighted by atomic mass is 16.4. The Bertz CT molecular complexity index is 358. The smallest absolute Gasteiger partial charge is 0.338 e. The van der Waals surface area contributed by atoms with Gasteiger partial charge >= 0.3 is 5.97 Å². The van der Waals surface area contributed by atoms with Gasteiger partial charge in [-0.15, -0.1) is 0 Å². The molecule has 0 spiro atoms. The second-order valence-corrected chi connectivity index (χ2v) is 4.00. The lowest BCUT2D eigenvalue weighted by molar-refractivity contribution is 0.0696. The first-order chi connectivity index (χ1) is 7.20. The first kappa shape index (κ1) is 10.2. The van der Waals surface area contributed by atoms with E-state index in [0.29, 0.717) is 18.3 Å². The molecule has 1 aliphatic carbocycles. The van der Waals surface area contributed by atoms with Crippen LogP contribution in [0.5, 0.6) is 0 Å². The van der Waals surface area contributed by atoms with Crippen LogP contribution in [0.25, 0.3) is 0 Å². The molecule has 4 heteroatoms. The molecule has 0 bridgehead atoms. The summed E-state index contributed by atoms with van der Waals surface area (Å²) in [6, 6.07) is 2.16. The third kappa shape index (κ3) is 2.39. The normalized spacial score (nSPS) is 24.1. The maximum absolute atomic E-state index is 10.6. The van der Waals surface area contributed by atoms with Gasteiger partial charge in [0.25, 0.3) is 0 Å². The zero-order valence-corrected chi connectivity index (χ0v) is 8.69. The van der Waals surface area contributed by atoms with Crippen LogP contribution in [0.1, 0.15) is 35.9 Å². The summed E-state index contributed by atoms with van der Waals surface area (Å²) >= 11 is 0. The van der Waals surface area contributed by atoms with Crippen LogP contribution < -0.4 is 5.32 Å². The van der Waals surface area contributed by atoms with Crippen LogP contribution >= 0.6 is 0 Å². The van der Waals surface area contributed by atoms with E-state index in [4.69, 9.17) is 9.52 Å². The summed E-state index contributed by atoms with van der Waals surface area (Å²) in [6.45, 7) is 2.80. The number of carboxylic acid groups (broad SMARTS) is 1. The predicted molar refractivity (Wildman–Crippen MR) is 54.7 cm³/mol. The number of hydrogen-bond acceptors (Lipinski definition) is 3. The quantitative estimate of drug-likeness (QED) is 0.777. The Labute approximate surface area is 88.3 Å². The topological polar surface area (TPSA) is 62.5 Å². The average Bonchev–Trinajstić information content (AvgIpc) is 2.81. The Hall–Kier alpha value is -1.29. The zero-order chi connectivity index (χ0) is 10.8. The lowest BCUT2D eigenvalue weighted by Crippen LogP contribution is -2.17. The van der Waals surface area contributed by atoms with Gasteiger partial charge in [-0.1, -0.05) is 13.3 Å². The minimum atomic E-state index is -0.942. The van der Waals surface area contributed by atoms with Crippen molar-refractivity contribution in [1.29, 1.82) is 0 Å². The molecule has 0 radical (unpaired) electrons. The highest BCUT2D eigenvalue weighted by Gasteiger charge is 2.34. The fraction of sp³-hybridized carbons (Fsp3) is 0.545. The summed E-state index contributed by atoms with van der Waals surface area (Å²) in [7, 11) is 0. The second-order valence-electron chi connectivity index (χ2n) is 4.00. The average molecular weight is 209 g/mol. The fourth-order valence-electron chi connectivity index (χ4n) is 1.77. The number of nitrogens with one attached hydrogen (secondary N) is 1. The summed E-state index contributed by atoms with van der Waals surface area (Å²) < 4.78 is 5.13. The Morgan fingerprint density at radius 1 is 1.73 bits per heavy atom. The molecule has 1 saturated carbocycles. The van der Waals surface area contributed by atoms with Crippen molar-refractivity contribution in [1.82, 2.24) is 5.32 Å². The summed E-state index contributed by atoms with van der Waals surface area (Å²) in [4.78, 5) is 10.6. The van der Waals surface area contributed by atoms with Crippen LogP contribution in [-0.4, -0.2) is 17.1 Å². The minimum Gasteiger partial charge on any atom is -0.478 e. The Balaban J connectivity index is 1.81. The van der Waals surface area contributed by atoms with Crippen LogP contribution in [0, 0.1) is 5.92 Å². The predicted octanol–water partition coefficient (Wildman–Crippen LogP) is 1.87. The minimum absolute atomic E-state index is 0.217.